The molecule has 0 aliphatic carbocycles. The number of phenolic OH excluding ortho intramolecular Hbond substituents is 1. The van der Waals surface area contributed by atoms with Gasteiger partial charge in [-0.2, -0.15) is 0 Å². The van der Waals surface area contributed by atoms with Gasteiger partial charge < -0.3 is 15.2 Å². The summed E-state index contributed by atoms with van der Waals surface area (Å²) in [6.45, 7) is 5.65. The topological polar surface area (TPSA) is 58.6 Å². The van der Waals surface area contributed by atoms with Crippen molar-refractivity contribution in [2.45, 2.75) is 32.8 Å². The van der Waals surface area contributed by atoms with Gasteiger partial charge in [0.2, 0.25) is 0 Å². The number of nitrogens with one attached hydrogen (secondary N) is 1. The maximum absolute atomic E-state index is 13.0. The van der Waals surface area contributed by atoms with Crippen LogP contribution >= 0.6 is 0 Å². The Hall–Kier alpha value is -2.22. The van der Waals surface area contributed by atoms with Crippen molar-refractivity contribution in [3.8, 4) is 17.6 Å². The molecule has 1 rings (SSSR count). The van der Waals surface area contributed by atoms with Crippen molar-refractivity contribution < 1.29 is 19.0 Å². The van der Waals surface area contributed by atoms with Crippen molar-refractivity contribution in [2.24, 2.45) is 0 Å². The zero-order valence-corrected chi connectivity index (χ0v) is 11.8. The standard InChI is InChI=1S/C15H18FNO3/c1-15(2,3)20-14(19)17-10-5-4-7-11-8-6-9-12(16)13(11)18/h6,8-9,18H,5,10H2,1-3H3,(H,17,19). The van der Waals surface area contributed by atoms with E-state index in [1.807, 2.05) is 0 Å². The second-order valence-electron chi connectivity index (χ2n) is 5.12. The van der Waals surface area contributed by atoms with Crippen LogP contribution in [0, 0.1) is 17.7 Å². The molecule has 0 heterocycles. The maximum atomic E-state index is 13.0. The van der Waals surface area contributed by atoms with Crippen molar-refractivity contribution >= 4 is 6.09 Å². The first-order valence-electron chi connectivity index (χ1n) is 6.23. The minimum atomic E-state index is -0.705. The van der Waals surface area contributed by atoms with E-state index in [2.05, 4.69) is 17.2 Å². The number of benzene rings is 1. The summed E-state index contributed by atoms with van der Waals surface area (Å²) >= 11 is 0. The van der Waals surface area contributed by atoms with Crippen molar-refractivity contribution in [2.75, 3.05) is 6.54 Å². The molecule has 5 heteroatoms. The van der Waals surface area contributed by atoms with Gasteiger partial charge in [0.25, 0.3) is 0 Å². The number of para-hydroxylation sites is 1. The quantitative estimate of drug-likeness (QED) is 0.646. The predicted molar refractivity (Wildman–Crippen MR) is 73.8 cm³/mol. The van der Waals surface area contributed by atoms with E-state index in [1.54, 1.807) is 20.8 Å². The summed E-state index contributed by atoms with van der Waals surface area (Å²) in [5.74, 6) is 4.22. The first-order valence-corrected chi connectivity index (χ1v) is 6.23. The molecule has 0 saturated heterocycles. The lowest BCUT2D eigenvalue weighted by molar-refractivity contribution is 0.0529. The number of rotatable bonds is 2. The van der Waals surface area contributed by atoms with E-state index in [1.165, 1.54) is 12.1 Å². The van der Waals surface area contributed by atoms with Crippen molar-refractivity contribution in [1.82, 2.24) is 5.32 Å². The molecular formula is C15H18FNO3. The van der Waals surface area contributed by atoms with Gasteiger partial charge in [-0.15, -0.1) is 0 Å². The van der Waals surface area contributed by atoms with Crippen LogP contribution in [0.1, 0.15) is 32.8 Å². The van der Waals surface area contributed by atoms with Crippen LogP contribution < -0.4 is 5.32 Å². The average Bonchev–Trinajstić information content (AvgIpc) is 2.31. The Morgan fingerprint density at radius 3 is 2.80 bits per heavy atom. The van der Waals surface area contributed by atoms with Crippen LogP contribution in [0.2, 0.25) is 0 Å². The molecule has 1 aromatic rings. The Labute approximate surface area is 117 Å². The fraction of sp³-hybridized carbons (Fsp3) is 0.400. The number of hydrogen-bond acceptors (Lipinski definition) is 3. The molecule has 0 radical (unpaired) electrons. The van der Waals surface area contributed by atoms with Gasteiger partial charge in [-0.1, -0.05) is 17.9 Å². The lowest BCUT2D eigenvalue weighted by Crippen LogP contribution is -2.32. The summed E-state index contributed by atoms with van der Waals surface area (Å²) in [7, 11) is 0. The molecule has 0 aliphatic heterocycles. The molecule has 2 N–H and O–H groups in total. The van der Waals surface area contributed by atoms with Gasteiger partial charge in [-0.3, -0.25) is 0 Å². The average molecular weight is 279 g/mol. The minimum Gasteiger partial charge on any atom is -0.504 e. The lowest BCUT2D eigenvalue weighted by atomic mass is 10.2. The second kappa shape index (κ2) is 6.80. The summed E-state index contributed by atoms with van der Waals surface area (Å²) in [5, 5.41) is 12.0. The SMILES string of the molecule is CC(C)(C)OC(=O)NCCC#Cc1cccc(F)c1O. The second-order valence-corrected chi connectivity index (χ2v) is 5.12. The first-order chi connectivity index (χ1) is 9.29. The molecule has 1 aromatic carbocycles. The highest BCUT2D eigenvalue weighted by molar-refractivity contribution is 5.67. The molecule has 0 spiro atoms. The molecule has 0 aliphatic rings. The summed E-state index contributed by atoms with van der Waals surface area (Å²) in [6, 6.07) is 4.15. The van der Waals surface area contributed by atoms with Crippen molar-refractivity contribution in [1.29, 1.82) is 0 Å². The number of hydrogen-bond donors (Lipinski definition) is 2. The van der Waals surface area contributed by atoms with Crippen LogP contribution in [-0.4, -0.2) is 23.3 Å². The predicted octanol–water partition coefficient (Wildman–Crippen LogP) is 2.80. The molecule has 108 valence electrons. The highest BCUT2D eigenvalue weighted by Gasteiger charge is 2.15. The molecule has 4 nitrogen and oxygen atoms in total. The van der Waals surface area contributed by atoms with Crippen LogP contribution in [0.25, 0.3) is 0 Å². The molecule has 1 amide bonds. The van der Waals surface area contributed by atoms with Gasteiger partial charge in [0.1, 0.15) is 5.60 Å². The third-order valence-corrected chi connectivity index (χ3v) is 2.13. The van der Waals surface area contributed by atoms with E-state index in [9.17, 15) is 14.3 Å². The minimum absolute atomic E-state index is 0.224. The fourth-order valence-corrected chi connectivity index (χ4v) is 1.32. The number of amides is 1. The number of alkyl carbamates (subject to hydrolysis) is 1. The van der Waals surface area contributed by atoms with Gasteiger partial charge in [0.05, 0.1) is 5.56 Å². The summed E-state index contributed by atoms with van der Waals surface area (Å²) in [5.41, 5.74) is -0.314. The third kappa shape index (κ3) is 5.61. The van der Waals surface area contributed by atoms with E-state index >= 15 is 0 Å². The van der Waals surface area contributed by atoms with Crippen molar-refractivity contribution in [3.63, 3.8) is 0 Å². The number of phenols is 1. The Bertz CT molecular complexity index is 538. The van der Waals surface area contributed by atoms with Gasteiger partial charge in [0.15, 0.2) is 11.6 Å². The van der Waals surface area contributed by atoms with Crippen LogP contribution in [0.4, 0.5) is 9.18 Å². The van der Waals surface area contributed by atoms with Crippen LogP contribution in [0.15, 0.2) is 18.2 Å². The van der Waals surface area contributed by atoms with E-state index in [0.29, 0.717) is 13.0 Å². The maximum Gasteiger partial charge on any atom is 0.407 e. The number of aromatic hydroxyl groups is 1. The Morgan fingerprint density at radius 2 is 2.15 bits per heavy atom. The highest BCUT2D eigenvalue weighted by atomic mass is 19.1. The Kier molecular flexibility index (Phi) is 5.39. The van der Waals surface area contributed by atoms with Gasteiger partial charge in [-0.25, -0.2) is 9.18 Å². The Morgan fingerprint density at radius 1 is 1.45 bits per heavy atom. The molecule has 0 fully saturated rings. The van der Waals surface area contributed by atoms with Crippen LogP contribution in [0.3, 0.4) is 0 Å². The summed E-state index contributed by atoms with van der Waals surface area (Å²) in [4.78, 5) is 11.3. The smallest absolute Gasteiger partial charge is 0.407 e. The van der Waals surface area contributed by atoms with Gasteiger partial charge in [0, 0.05) is 13.0 Å². The molecule has 20 heavy (non-hydrogen) atoms. The fourth-order valence-electron chi connectivity index (χ4n) is 1.32. The van der Waals surface area contributed by atoms with E-state index < -0.39 is 23.3 Å². The molecule has 0 atom stereocenters. The number of carbonyl (C=O) groups is 1. The zero-order chi connectivity index (χ0) is 15.2. The molecule has 0 saturated carbocycles. The lowest BCUT2D eigenvalue weighted by Gasteiger charge is -2.19. The number of ether oxygens (including phenoxy) is 1. The molecule has 0 bridgehead atoms. The largest absolute Gasteiger partial charge is 0.504 e. The molecular weight excluding hydrogens is 261 g/mol. The van der Waals surface area contributed by atoms with Gasteiger partial charge in [-0.05, 0) is 32.9 Å². The number of halogens is 1. The van der Waals surface area contributed by atoms with E-state index in [4.69, 9.17) is 4.74 Å². The summed E-state index contributed by atoms with van der Waals surface area (Å²) < 4.78 is 18.1. The van der Waals surface area contributed by atoms with Gasteiger partial charge >= 0.3 is 6.09 Å². The monoisotopic (exact) mass is 279 g/mol. The van der Waals surface area contributed by atoms with Crippen LogP contribution in [-0.2, 0) is 4.74 Å². The number of carbonyl (C=O) groups excluding carboxylic acids is 1. The highest BCUT2D eigenvalue weighted by Crippen LogP contribution is 2.19. The van der Waals surface area contributed by atoms with E-state index in [-0.39, 0.29) is 5.56 Å². The molecule has 0 aromatic heterocycles. The molecule has 0 unspecified atom stereocenters. The zero-order valence-electron chi connectivity index (χ0n) is 11.8. The normalized spacial score (nSPS) is 10.4. The third-order valence-electron chi connectivity index (χ3n) is 2.13. The summed E-state index contributed by atoms with van der Waals surface area (Å²) in [6.07, 6.45) is -0.136. The van der Waals surface area contributed by atoms with Crippen molar-refractivity contribution in [3.05, 3.63) is 29.6 Å². The first kappa shape index (κ1) is 15.8. The Balaban J connectivity index is 2.41. The van der Waals surface area contributed by atoms with Crippen LogP contribution in [0.5, 0.6) is 5.75 Å². The van der Waals surface area contributed by atoms with E-state index in [0.717, 1.165) is 6.07 Å².